The molecule has 1 rings (SSSR count). The van der Waals surface area contributed by atoms with E-state index in [2.05, 4.69) is 10.2 Å². The summed E-state index contributed by atoms with van der Waals surface area (Å²) < 4.78 is 23.9. The highest BCUT2D eigenvalue weighted by molar-refractivity contribution is 8.13. The van der Waals surface area contributed by atoms with Gasteiger partial charge in [0.15, 0.2) is 0 Å². The van der Waals surface area contributed by atoms with Gasteiger partial charge in [-0.2, -0.15) is 0 Å². The minimum Gasteiger partial charge on any atom is -0.301 e. The Kier molecular flexibility index (Phi) is 3.11. The van der Waals surface area contributed by atoms with Crippen molar-refractivity contribution in [2.45, 2.75) is 44.8 Å². The fourth-order valence-electron chi connectivity index (χ4n) is 1.31. The van der Waals surface area contributed by atoms with E-state index in [1.165, 1.54) is 4.57 Å². The zero-order valence-corrected chi connectivity index (χ0v) is 10.7. The third-order valence-electron chi connectivity index (χ3n) is 1.92. The first-order chi connectivity index (χ1) is 6.68. The highest BCUT2D eigenvalue weighted by Crippen LogP contribution is 2.23. The Morgan fingerprint density at radius 2 is 1.87 bits per heavy atom. The topological polar surface area (TPSA) is 64.8 Å². The number of aromatic nitrogens is 3. The summed E-state index contributed by atoms with van der Waals surface area (Å²) in [4.78, 5) is 0. The molecule has 0 N–H and O–H groups in total. The van der Waals surface area contributed by atoms with E-state index in [0.29, 0.717) is 12.4 Å². The molecule has 0 atom stereocenters. The van der Waals surface area contributed by atoms with Crippen molar-refractivity contribution in [1.82, 2.24) is 14.8 Å². The quantitative estimate of drug-likeness (QED) is 0.748. The Balaban J connectivity index is 3.44. The number of rotatable bonds is 2. The first kappa shape index (κ1) is 12.4. The van der Waals surface area contributed by atoms with Crippen molar-refractivity contribution < 1.29 is 8.42 Å². The maximum atomic E-state index is 11.2. The SMILES string of the molecule is CCn1c(C(C)(C)C)nnc1S(=O)(=O)Cl. The van der Waals surface area contributed by atoms with Gasteiger partial charge in [0.25, 0.3) is 14.2 Å². The molecule has 1 aromatic heterocycles. The lowest BCUT2D eigenvalue weighted by Crippen LogP contribution is -2.20. The maximum absolute atomic E-state index is 11.2. The molecule has 0 aromatic carbocycles. The largest absolute Gasteiger partial charge is 0.301 e. The van der Waals surface area contributed by atoms with E-state index in [0.717, 1.165) is 0 Å². The fourth-order valence-corrected chi connectivity index (χ4v) is 2.27. The van der Waals surface area contributed by atoms with Gasteiger partial charge in [0.05, 0.1) is 0 Å². The molecule has 0 aliphatic heterocycles. The van der Waals surface area contributed by atoms with Crippen LogP contribution in [0.25, 0.3) is 0 Å². The summed E-state index contributed by atoms with van der Waals surface area (Å²) >= 11 is 0. The second-order valence-electron chi connectivity index (χ2n) is 4.24. The second kappa shape index (κ2) is 3.75. The fraction of sp³-hybridized carbons (Fsp3) is 0.750. The molecule has 7 heteroatoms. The maximum Gasteiger partial charge on any atom is 0.296 e. The van der Waals surface area contributed by atoms with Gasteiger partial charge in [-0.3, -0.25) is 0 Å². The number of nitrogens with zero attached hydrogens (tertiary/aromatic N) is 3. The van der Waals surface area contributed by atoms with Crippen LogP contribution in [0.5, 0.6) is 0 Å². The van der Waals surface area contributed by atoms with Gasteiger partial charge in [0.2, 0.25) is 0 Å². The van der Waals surface area contributed by atoms with Crippen LogP contribution in [0, 0.1) is 0 Å². The first-order valence-corrected chi connectivity index (χ1v) is 6.87. The molecule has 0 radical (unpaired) electrons. The molecule has 0 bridgehead atoms. The van der Waals surface area contributed by atoms with Crippen molar-refractivity contribution in [1.29, 1.82) is 0 Å². The van der Waals surface area contributed by atoms with E-state index in [1.54, 1.807) is 0 Å². The molecule has 0 aliphatic carbocycles. The lowest BCUT2D eigenvalue weighted by atomic mass is 9.96. The molecule has 0 spiro atoms. The second-order valence-corrected chi connectivity index (χ2v) is 6.70. The van der Waals surface area contributed by atoms with Gasteiger partial charge in [-0.1, -0.05) is 20.8 Å². The predicted octanol–water partition coefficient (Wildman–Crippen LogP) is 1.52. The number of halogens is 1. The van der Waals surface area contributed by atoms with Gasteiger partial charge >= 0.3 is 0 Å². The molecule has 0 unspecified atom stereocenters. The molecule has 1 aromatic rings. The third-order valence-corrected chi connectivity index (χ3v) is 3.07. The normalized spacial score (nSPS) is 13.1. The minimum absolute atomic E-state index is 0.184. The van der Waals surface area contributed by atoms with E-state index < -0.39 is 9.05 Å². The number of hydrogen-bond acceptors (Lipinski definition) is 4. The summed E-state index contributed by atoms with van der Waals surface area (Å²) in [7, 11) is 1.43. The lowest BCUT2D eigenvalue weighted by Gasteiger charge is -2.18. The van der Waals surface area contributed by atoms with Crippen molar-refractivity contribution in [3.8, 4) is 0 Å². The summed E-state index contributed by atoms with van der Waals surface area (Å²) in [6.45, 7) is 8.11. The van der Waals surface area contributed by atoms with E-state index >= 15 is 0 Å². The van der Waals surface area contributed by atoms with Crippen molar-refractivity contribution >= 4 is 19.7 Å². The Morgan fingerprint density at radius 3 is 2.20 bits per heavy atom. The summed E-state index contributed by atoms with van der Waals surface area (Å²) in [5.74, 6) is 0.615. The van der Waals surface area contributed by atoms with Gasteiger partial charge in [0.1, 0.15) is 5.82 Å². The van der Waals surface area contributed by atoms with E-state index in [1.807, 2.05) is 27.7 Å². The van der Waals surface area contributed by atoms with Crippen LogP contribution in [-0.2, 0) is 21.0 Å². The van der Waals surface area contributed by atoms with Gasteiger partial charge in [-0.15, -0.1) is 10.2 Å². The Hall–Kier alpha value is -0.620. The van der Waals surface area contributed by atoms with Crippen LogP contribution in [0.15, 0.2) is 5.16 Å². The van der Waals surface area contributed by atoms with Crippen LogP contribution < -0.4 is 0 Å². The predicted molar refractivity (Wildman–Crippen MR) is 57.4 cm³/mol. The van der Waals surface area contributed by atoms with Crippen LogP contribution in [0.3, 0.4) is 0 Å². The van der Waals surface area contributed by atoms with Crippen molar-refractivity contribution in [3.63, 3.8) is 0 Å². The minimum atomic E-state index is -3.82. The molecule has 0 amide bonds. The first-order valence-electron chi connectivity index (χ1n) is 4.56. The van der Waals surface area contributed by atoms with Crippen LogP contribution in [-0.4, -0.2) is 23.2 Å². The van der Waals surface area contributed by atoms with E-state index in [9.17, 15) is 8.42 Å². The van der Waals surface area contributed by atoms with Crippen LogP contribution in [0.1, 0.15) is 33.5 Å². The van der Waals surface area contributed by atoms with Gasteiger partial charge in [-0.25, -0.2) is 8.42 Å². The molecular formula is C8H14ClN3O2S. The average molecular weight is 252 g/mol. The Labute approximate surface area is 93.9 Å². The highest BCUT2D eigenvalue weighted by atomic mass is 35.7. The lowest BCUT2D eigenvalue weighted by molar-refractivity contribution is 0.490. The van der Waals surface area contributed by atoms with E-state index in [-0.39, 0.29) is 10.6 Å². The summed E-state index contributed by atoms with van der Waals surface area (Å²) in [5, 5.41) is 7.31. The molecule has 1 heterocycles. The third kappa shape index (κ3) is 2.49. The van der Waals surface area contributed by atoms with Gasteiger partial charge in [-0.05, 0) is 6.92 Å². The van der Waals surface area contributed by atoms with Crippen molar-refractivity contribution in [3.05, 3.63) is 5.82 Å². The van der Waals surface area contributed by atoms with Gasteiger partial charge in [0, 0.05) is 22.6 Å². The van der Waals surface area contributed by atoms with E-state index in [4.69, 9.17) is 10.7 Å². The van der Waals surface area contributed by atoms with Crippen LogP contribution >= 0.6 is 10.7 Å². The standard InChI is InChI=1S/C8H14ClN3O2S/c1-5-12-6(8(2,3)4)10-11-7(12)15(9,13)14/h5H2,1-4H3. The molecule has 5 nitrogen and oxygen atoms in total. The molecule has 0 aliphatic rings. The highest BCUT2D eigenvalue weighted by Gasteiger charge is 2.27. The van der Waals surface area contributed by atoms with Crippen LogP contribution in [0.4, 0.5) is 0 Å². The van der Waals surface area contributed by atoms with Crippen molar-refractivity contribution in [2.24, 2.45) is 0 Å². The Bertz CT molecular complexity index is 459. The molecule has 0 saturated carbocycles. The van der Waals surface area contributed by atoms with Crippen LogP contribution in [0.2, 0.25) is 0 Å². The van der Waals surface area contributed by atoms with Crippen molar-refractivity contribution in [2.75, 3.05) is 0 Å². The molecule has 0 saturated heterocycles. The zero-order chi connectivity index (χ0) is 11.9. The summed E-state index contributed by atoms with van der Waals surface area (Å²) in [6.07, 6.45) is 0. The summed E-state index contributed by atoms with van der Waals surface area (Å²) in [6, 6.07) is 0. The molecule has 15 heavy (non-hydrogen) atoms. The smallest absolute Gasteiger partial charge is 0.296 e. The monoisotopic (exact) mass is 251 g/mol. The summed E-state index contributed by atoms with van der Waals surface area (Å²) in [5.41, 5.74) is -0.261. The zero-order valence-electron chi connectivity index (χ0n) is 9.15. The molecule has 86 valence electrons. The number of hydrogen-bond donors (Lipinski definition) is 0. The average Bonchev–Trinajstić information content (AvgIpc) is 2.43. The Morgan fingerprint density at radius 1 is 1.33 bits per heavy atom. The van der Waals surface area contributed by atoms with Gasteiger partial charge < -0.3 is 4.57 Å². The molecular weight excluding hydrogens is 238 g/mol. The molecule has 0 fully saturated rings.